The lowest BCUT2D eigenvalue weighted by molar-refractivity contribution is -0.137. The van der Waals surface area contributed by atoms with Crippen LogP contribution in [0, 0.1) is 0 Å². The van der Waals surface area contributed by atoms with E-state index in [9.17, 15) is 26.4 Å². The topological polar surface area (TPSA) is 72.5 Å². The molecule has 1 heterocycles. The van der Waals surface area contributed by atoms with Crippen molar-refractivity contribution in [2.24, 2.45) is 0 Å². The Morgan fingerprint density at radius 1 is 1.35 bits per heavy atom. The number of carbonyl (C=O) groups is 1. The molecule has 1 amide bonds. The average molecular weight is 351 g/mol. The first-order chi connectivity index (χ1) is 10.6. The lowest BCUT2D eigenvalue weighted by atomic mass is 10.1. The Labute approximate surface area is 131 Å². The van der Waals surface area contributed by atoms with Crippen LogP contribution in [0.15, 0.2) is 24.3 Å². The first kappa shape index (κ1) is 17.7. The first-order valence-electron chi connectivity index (χ1n) is 6.79. The van der Waals surface area contributed by atoms with Gasteiger partial charge in [0.15, 0.2) is 9.84 Å². The molecule has 23 heavy (non-hydrogen) atoms. The summed E-state index contributed by atoms with van der Waals surface area (Å²) < 4.78 is 66.0. The maximum absolute atomic E-state index is 12.6. The van der Waals surface area contributed by atoms with E-state index in [4.69, 9.17) is 4.74 Å². The molecule has 0 unspecified atom stereocenters. The Morgan fingerprint density at radius 3 is 2.65 bits per heavy atom. The van der Waals surface area contributed by atoms with Crippen LogP contribution in [0.5, 0.6) is 0 Å². The van der Waals surface area contributed by atoms with Gasteiger partial charge in [0.2, 0.25) is 5.91 Å². The normalized spacial score (nSPS) is 23.7. The molecule has 1 fully saturated rings. The maximum Gasteiger partial charge on any atom is 0.416 e. The molecule has 9 heteroatoms. The highest BCUT2D eigenvalue weighted by atomic mass is 32.2. The minimum atomic E-state index is -4.48. The molecule has 1 aromatic rings. The van der Waals surface area contributed by atoms with Gasteiger partial charge in [0, 0.05) is 7.11 Å². The van der Waals surface area contributed by atoms with Crippen LogP contribution < -0.4 is 5.32 Å². The molecule has 5 nitrogen and oxygen atoms in total. The molecule has 0 aliphatic carbocycles. The third-order valence-electron chi connectivity index (χ3n) is 3.57. The summed E-state index contributed by atoms with van der Waals surface area (Å²) in [6, 6.07) is 3.77. The fourth-order valence-corrected chi connectivity index (χ4v) is 4.33. The number of hydrogen-bond donors (Lipinski definition) is 1. The number of rotatable bonds is 4. The zero-order chi connectivity index (χ0) is 17.3. The van der Waals surface area contributed by atoms with Crippen molar-refractivity contribution in [3.05, 3.63) is 35.4 Å². The molecular weight excluding hydrogens is 335 g/mol. The molecule has 1 N–H and O–H groups in total. The van der Waals surface area contributed by atoms with Crippen molar-refractivity contribution in [2.45, 2.75) is 24.7 Å². The summed E-state index contributed by atoms with van der Waals surface area (Å²) in [7, 11) is -1.95. The van der Waals surface area contributed by atoms with Gasteiger partial charge in [-0.05, 0) is 11.6 Å². The smallest absolute Gasteiger partial charge is 0.378 e. The number of ether oxygens (including phenoxy) is 1. The molecule has 2 rings (SSSR count). The molecule has 0 bridgehead atoms. The predicted molar refractivity (Wildman–Crippen MR) is 76.5 cm³/mol. The van der Waals surface area contributed by atoms with Gasteiger partial charge in [-0.1, -0.05) is 18.2 Å². The second-order valence-electron chi connectivity index (χ2n) is 5.40. The molecule has 0 saturated carbocycles. The summed E-state index contributed by atoms with van der Waals surface area (Å²) in [6.07, 6.45) is -5.39. The second-order valence-corrected chi connectivity index (χ2v) is 7.55. The first-order valence-corrected chi connectivity index (χ1v) is 8.61. The van der Waals surface area contributed by atoms with Crippen molar-refractivity contribution in [1.82, 2.24) is 5.32 Å². The van der Waals surface area contributed by atoms with Crippen LogP contribution in [-0.4, -0.2) is 45.1 Å². The average Bonchev–Trinajstić information content (AvgIpc) is 2.72. The summed E-state index contributed by atoms with van der Waals surface area (Å²) in [6.45, 7) is 0. The van der Waals surface area contributed by atoms with Crippen molar-refractivity contribution < 1.29 is 31.1 Å². The van der Waals surface area contributed by atoms with Gasteiger partial charge in [0.1, 0.15) is 0 Å². The van der Waals surface area contributed by atoms with Gasteiger partial charge in [-0.3, -0.25) is 4.79 Å². The van der Waals surface area contributed by atoms with Crippen LogP contribution in [0.4, 0.5) is 13.2 Å². The van der Waals surface area contributed by atoms with Crippen molar-refractivity contribution in [3.63, 3.8) is 0 Å². The Kier molecular flexibility index (Phi) is 5.00. The molecule has 0 aromatic heterocycles. The van der Waals surface area contributed by atoms with E-state index in [2.05, 4.69) is 5.32 Å². The lowest BCUT2D eigenvalue weighted by Crippen LogP contribution is -2.44. The Morgan fingerprint density at radius 2 is 2.04 bits per heavy atom. The highest BCUT2D eigenvalue weighted by Gasteiger charge is 2.38. The second kappa shape index (κ2) is 6.48. The summed E-state index contributed by atoms with van der Waals surface area (Å²) in [5.41, 5.74) is -0.631. The van der Waals surface area contributed by atoms with E-state index < -0.39 is 39.6 Å². The van der Waals surface area contributed by atoms with Gasteiger partial charge in [0.05, 0.1) is 35.6 Å². The van der Waals surface area contributed by atoms with Crippen LogP contribution in [0.2, 0.25) is 0 Å². The van der Waals surface area contributed by atoms with Gasteiger partial charge >= 0.3 is 6.18 Å². The van der Waals surface area contributed by atoms with Gasteiger partial charge in [-0.2, -0.15) is 13.2 Å². The quantitative estimate of drug-likeness (QED) is 0.884. The van der Waals surface area contributed by atoms with Gasteiger partial charge < -0.3 is 10.1 Å². The number of halogens is 3. The van der Waals surface area contributed by atoms with Crippen LogP contribution in [0.25, 0.3) is 0 Å². The number of methoxy groups -OCH3 is 1. The van der Waals surface area contributed by atoms with Gasteiger partial charge in [-0.25, -0.2) is 8.42 Å². The number of hydrogen-bond acceptors (Lipinski definition) is 4. The molecular formula is C14H16F3NO4S. The highest BCUT2D eigenvalue weighted by Crippen LogP contribution is 2.29. The van der Waals surface area contributed by atoms with E-state index >= 15 is 0 Å². The number of alkyl halides is 3. The van der Waals surface area contributed by atoms with Gasteiger partial charge in [-0.15, -0.1) is 0 Å². The summed E-state index contributed by atoms with van der Waals surface area (Å²) in [4.78, 5) is 12.0. The molecule has 0 radical (unpaired) electrons. The molecule has 2 atom stereocenters. The number of amides is 1. The summed E-state index contributed by atoms with van der Waals surface area (Å²) in [5, 5.41) is 2.52. The third-order valence-corrected chi connectivity index (χ3v) is 5.27. The van der Waals surface area contributed by atoms with E-state index in [0.29, 0.717) is 0 Å². The van der Waals surface area contributed by atoms with E-state index in [-0.39, 0.29) is 23.5 Å². The largest absolute Gasteiger partial charge is 0.416 e. The van der Waals surface area contributed by atoms with Crippen LogP contribution in [0.3, 0.4) is 0 Å². The zero-order valence-electron chi connectivity index (χ0n) is 12.3. The minimum Gasteiger partial charge on any atom is -0.378 e. The predicted octanol–water partition coefficient (Wildman–Crippen LogP) is 1.18. The molecule has 0 spiro atoms. The molecule has 128 valence electrons. The van der Waals surface area contributed by atoms with Crippen molar-refractivity contribution >= 4 is 15.7 Å². The SMILES string of the molecule is CO[C@@H]1CS(=O)(=O)C[C@H]1NC(=O)Cc1cccc(C(F)(F)F)c1. The van der Waals surface area contributed by atoms with Gasteiger partial charge in [0.25, 0.3) is 0 Å². The van der Waals surface area contributed by atoms with Crippen molar-refractivity contribution in [2.75, 3.05) is 18.6 Å². The monoisotopic (exact) mass is 351 g/mol. The summed E-state index contributed by atoms with van der Waals surface area (Å²) in [5.74, 6) is -0.967. The number of nitrogens with one attached hydrogen (secondary N) is 1. The number of sulfone groups is 1. The fraction of sp³-hybridized carbons (Fsp3) is 0.500. The lowest BCUT2D eigenvalue weighted by Gasteiger charge is -2.18. The van der Waals surface area contributed by atoms with Crippen molar-refractivity contribution in [1.29, 1.82) is 0 Å². The minimum absolute atomic E-state index is 0.183. The zero-order valence-corrected chi connectivity index (χ0v) is 13.1. The Balaban J connectivity index is 2.03. The van der Waals surface area contributed by atoms with E-state index in [1.807, 2.05) is 0 Å². The third kappa shape index (κ3) is 4.68. The maximum atomic E-state index is 12.6. The van der Waals surface area contributed by atoms with Crippen LogP contribution in [0.1, 0.15) is 11.1 Å². The Bertz CT molecular complexity index is 688. The number of benzene rings is 1. The molecule has 1 aliphatic heterocycles. The van der Waals surface area contributed by atoms with E-state index in [1.165, 1.54) is 19.2 Å². The Hall–Kier alpha value is -1.61. The highest BCUT2D eigenvalue weighted by molar-refractivity contribution is 7.91. The van der Waals surface area contributed by atoms with Crippen LogP contribution >= 0.6 is 0 Å². The van der Waals surface area contributed by atoms with Crippen molar-refractivity contribution in [3.8, 4) is 0 Å². The van der Waals surface area contributed by atoms with E-state index in [1.54, 1.807) is 0 Å². The number of carbonyl (C=O) groups excluding carboxylic acids is 1. The van der Waals surface area contributed by atoms with E-state index in [0.717, 1.165) is 12.1 Å². The molecule has 1 aliphatic rings. The fourth-order valence-electron chi connectivity index (χ4n) is 2.48. The molecule has 1 aromatic carbocycles. The molecule has 1 saturated heterocycles. The van der Waals surface area contributed by atoms with Crippen LogP contribution in [-0.2, 0) is 32.0 Å². The standard InChI is InChI=1S/C14H16F3NO4S/c1-22-12-8-23(20,21)7-11(12)18-13(19)6-9-3-2-4-10(5-9)14(15,16)17/h2-5,11-12H,6-8H2,1H3,(H,18,19)/t11-,12-/m1/s1. The summed E-state index contributed by atoms with van der Waals surface area (Å²) >= 11 is 0.